The van der Waals surface area contributed by atoms with E-state index in [4.69, 9.17) is 0 Å². The molecule has 2 fully saturated rings. The standard InChI is InChI=1S/C12H14O/c13-10-3-1-2-9(6-10)12-7-11(12)8-4-5-8/h1-3,6,8,11-13H,4-5,7H2/t11-,12+/m1/s1. The third-order valence-electron chi connectivity index (χ3n) is 3.37. The van der Waals surface area contributed by atoms with E-state index in [9.17, 15) is 5.11 Å². The Morgan fingerprint density at radius 2 is 2.08 bits per heavy atom. The van der Waals surface area contributed by atoms with E-state index in [-0.39, 0.29) is 0 Å². The van der Waals surface area contributed by atoms with Crippen LogP contribution < -0.4 is 0 Å². The van der Waals surface area contributed by atoms with Crippen LogP contribution in [0.5, 0.6) is 5.75 Å². The highest BCUT2D eigenvalue weighted by molar-refractivity contribution is 5.33. The van der Waals surface area contributed by atoms with Gasteiger partial charge in [0, 0.05) is 0 Å². The Morgan fingerprint density at radius 1 is 1.23 bits per heavy atom. The van der Waals surface area contributed by atoms with Crippen molar-refractivity contribution in [2.75, 3.05) is 0 Å². The fourth-order valence-corrected chi connectivity index (χ4v) is 2.40. The summed E-state index contributed by atoms with van der Waals surface area (Å²) >= 11 is 0. The fourth-order valence-electron chi connectivity index (χ4n) is 2.40. The number of hydrogen-bond donors (Lipinski definition) is 1. The zero-order valence-electron chi connectivity index (χ0n) is 7.61. The maximum Gasteiger partial charge on any atom is 0.115 e. The Labute approximate surface area is 78.4 Å². The molecule has 2 saturated carbocycles. The molecule has 13 heavy (non-hydrogen) atoms. The van der Waals surface area contributed by atoms with Gasteiger partial charge in [-0.2, -0.15) is 0 Å². The normalized spacial score (nSPS) is 31.7. The molecule has 1 nitrogen and oxygen atoms in total. The van der Waals surface area contributed by atoms with Gasteiger partial charge in [-0.3, -0.25) is 0 Å². The second-order valence-corrected chi connectivity index (χ2v) is 4.44. The number of aromatic hydroxyl groups is 1. The third-order valence-corrected chi connectivity index (χ3v) is 3.37. The van der Waals surface area contributed by atoms with Gasteiger partial charge in [0.1, 0.15) is 5.75 Å². The Morgan fingerprint density at radius 3 is 2.77 bits per heavy atom. The van der Waals surface area contributed by atoms with Crippen molar-refractivity contribution in [2.45, 2.75) is 25.2 Å². The van der Waals surface area contributed by atoms with Crippen LogP contribution in [0.3, 0.4) is 0 Å². The summed E-state index contributed by atoms with van der Waals surface area (Å²) in [6.07, 6.45) is 4.24. The molecule has 68 valence electrons. The first-order chi connectivity index (χ1) is 6.34. The van der Waals surface area contributed by atoms with Crippen LogP contribution in [0.15, 0.2) is 24.3 Å². The minimum absolute atomic E-state index is 0.416. The number of rotatable bonds is 2. The summed E-state index contributed by atoms with van der Waals surface area (Å²) in [5.41, 5.74) is 1.34. The van der Waals surface area contributed by atoms with Crippen molar-refractivity contribution in [2.24, 2.45) is 11.8 Å². The van der Waals surface area contributed by atoms with Gasteiger partial charge in [0.25, 0.3) is 0 Å². The van der Waals surface area contributed by atoms with Crippen molar-refractivity contribution in [3.63, 3.8) is 0 Å². The van der Waals surface area contributed by atoms with E-state index in [1.807, 2.05) is 12.1 Å². The zero-order chi connectivity index (χ0) is 8.84. The average Bonchev–Trinajstić information content (AvgIpc) is 2.99. The van der Waals surface area contributed by atoms with E-state index in [0.717, 1.165) is 17.8 Å². The number of phenols is 1. The quantitative estimate of drug-likeness (QED) is 0.731. The summed E-state index contributed by atoms with van der Waals surface area (Å²) in [4.78, 5) is 0. The molecule has 0 amide bonds. The van der Waals surface area contributed by atoms with E-state index in [1.54, 1.807) is 6.07 Å². The second kappa shape index (κ2) is 2.50. The van der Waals surface area contributed by atoms with Gasteiger partial charge < -0.3 is 5.11 Å². The molecule has 1 N–H and O–H groups in total. The van der Waals surface area contributed by atoms with Crippen LogP contribution in [0, 0.1) is 11.8 Å². The van der Waals surface area contributed by atoms with Crippen LogP contribution in [-0.4, -0.2) is 5.11 Å². The smallest absolute Gasteiger partial charge is 0.115 e. The molecule has 0 radical (unpaired) electrons. The lowest BCUT2D eigenvalue weighted by molar-refractivity contribution is 0.474. The zero-order valence-corrected chi connectivity index (χ0v) is 7.61. The molecule has 0 heterocycles. The molecule has 0 bridgehead atoms. The van der Waals surface area contributed by atoms with Gasteiger partial charge in [-0.05, 0) is 54.7 Å². The molecule has 0 aromatic heterocycles. The molecule has 1 heteroatoms. The molecule has 1 aromatic rings. The SMILES string of the molecule is Oc1cccc([C@@H]2C[C@@H]2C2CC2)c1. The fraction of sp³-hybridized carbons (Fsp3) is 0.500. The maximum absolute atomic E-state index is 9.33. The van der Waals surface area contributed by atoms with E-state index in [0.29, 0.717) is 5.75 Å². The number of hydrogen-bond acceptors (Lipinski definition) is 1. The van der Waals surface area contributed by atoms with Crippen molar-refractivity contribution in [3.8, 4) is 5.75 Å². The van der Waals surface area contributed by atoms with E-state index in [2.05, 4.69) is 6.07 Å². The largest absolute Gasteiger partial charge is 0.508 e. The molecule has 1 aromatic carbocycles. The van der Waals surface area contributed by atoms with E-state index < -0.39 is 0 Å². The van der Waals surface area contributed by atoms with Crippen LogP contribution in [0.4, 0.5) is 0 Å². The topological polar surface area (TPSA) is 20.2 Å². The average molecular weight is 174 g/mol. The molecule has 0 unspecified atom stereocenters. The van der Waals surface area contributed by atoms with Crippen LogP contribution in [0.2, 0.25) is 0 Å². The molecular weight excluding hydrogens is 160 g/mol. The first kappa shape index (κ1) is 7.43. The van der Waals surface area contributed by atoms with Gasteiger partial charge in [0.05, 0.1) is 0 Å². The molecule has 2 aliphatic rings. The van der Waals surface area contributed by atoms with Crippen molar-refractivity contribution in [1.29, 1.82) is 0 Å². The highest BCUT2D eigenvalue weighted by Crippen LogP contribution is 2.59. The molecular formula is C12H14O. The first-order valence-corrected chi connectivity index (χ1v) is 5.13. The molecule has 0 spiro atoms. The lowest BCUT2D eigenvalue weighted by Crippen LogP contribution is -1.84. The van der Waals surface area contributed by atoms with Gasteiger partial charge in [-0.15, -0.1) is 0 Å². The van der Waals surface area contributed by atoms with Crippen molar-refractivity contribution < 1.29 is 5.11 Å². The summed E-state index contributed by atoms with van der Waals surface area (Å²) in [6.45, 7) is 0. The number of phenolic OH excluding ortho intramolecular Hbond substituents is 1. The Bertz CT molecular complexity index is 328. The van der Waals surface area contributed by atoms with Crippen molar-refractivity contribution in [3.05, 3.63) is 29.8 Å². The maximum atomic E-state index is 9.33. The van der Waals surface area contributed by atoms with Gasteiger partial charge in [-0.25, -0.2) is 0 Å². The lowest BCUT2D eigenvalue weighted by Gasteiger charge is -1.99. The Balaban J connectivity index is 1.78. The molecule has 3 rings (SSSR count). The van der Waals surface area contributed by atoms with Crippen molar-refractivity contribution in [1.82, 2.24) is 0 Å². The third kappa shape index (κ3) is 1.32. The van der Waals surface area contributed by atoms with Gasteiger partial charge in [0.15, 0.2) is 0 Å². The van der Waals surface area contributed by atoms with E-state index in [1.165, 1.54) is 24.8 Å². The number of benzene rings is 1. The first-order valence-electron chi connectivity index (χ1n) is 5.13. The van der Waals surface area contributed by atoms with Gasteiger partial charge in [-0.1, -0.05) is 12.1 Å². The lowest BCUT2D eigenvalue weighted by atomic mass is 10.1. The van der Waals surface area contributed by atoms with Gasteiger partial charge >= 0.3 is 0 Å². The Kier molecular flexibility index (Phi) is 1.43. The van der Waals surface area contributed by atoms with Crippen LogP contribution >= 0.6 is 0 Å². The predicted molar refractivity (Wildman–Crippen MR) is 51.7 cm³/mol. The van der Waals surface area contributed by atoms with Crippen LogP contribution in [0.1, 0.15) is 30.7 Å². The second-order valence-electron chi connectivity index (χ2n) is 4.44. The minimum Gasteiger partial charge on any atom is -0.508 e. The highest BCUT2D eigenvalue weighted by atomic mass is 16.3. The summed E-state index contributed by atoms with van der Waals surface area (Å²) in [5.74, 6) is 3.15. The van der Waals surface area contributed by atoms with Gasteiger partial charge in [0.2, 0.25) is 0 Å². The minimum atomic E-state index is 0.416. The predicted octanol–water partition coefficient (Wildman–Crippen LogP) is 2.91. The van der Waals surface area contributed by atoms with Crippen molar-refractivity contribution >= 4 is 0 Å². The summed E-state index contributed by atoms with van der Waals surface area (Å²) < 4.78 is 0. The summed E-state index contributed by atoms with van der Waals surface area (Å²) in [5, 5.41) is 9.33. The van der Waals surface area contributed by atoms with E-state index >= 15 is 0 Å². The summed E-state index contributed by atoms with van der Waals surface area (Å²) in [6, 6.07) is 7.77. The Hall–Kier alpha value is -0.980. The summed E-state index contributed by atoms with van der Waals surface area (Å²) in [7, 11) is 0. The molecule has 0 aliphatic heterocycles. The molecule has 2 atom stereocenters. The van der Waals surface area contributed by atoms with Crippen LogP contribution in [-0.2, 0) is 0 Å². The monoisotopic (exact) mass is 174 g/mol. The highest BCUT2D eigenvalue weighted by Gasteiger charge is 2.47. The molecule has 2 aliphatic carbocycles. The van der Waals surface area contributed by atoms with Crippen LogP contribution in [0.25, 0.3) is 0 Å². The molecule has 0 saturated heterocycles.